The fourth-order valence-corrected chi connectivity index (χ4v) is 5.80. The number of benzene rings is 4. The van der Waals surface area contributed by atoms with Crippen molar-refractivity contribution in [2.45, 2.75) is 0 Å². The van der Waals surface area contributed by atoms with Crippen LogP contribution in [-0.4, -0.2) is 8.97 Å². The maximum atomic E-state index is 2.49. The smallest absolute Gasteiger partial charge is 0.0810 e. The van der Waals surface area contributed by atoms with Crippen LogP contribution in [0.25, 0.3) is 65.6 Å². The van der Waals surface area contributed by atoms with Gasteiger partial charge in [-0.2, -0.15) is 0 Å². The largest absolute Gasteiger partial charge is 0.306 e. The predicted molar refractivity (Wildman–Crippen MR) is 135 cm³/mol. The summed E-state index contributed by atoms with van der Waals surface area (Å²) in [5.74, 6) is 0. The summed E-state index contributed by atoms with van der Waals surface area (Å²) in [6.45, 7) is 0. The standard InChI is InChI=1S/C30H18N2/c1-2-11-20-19(9-1)10-7-16-24(20)31-26-15-6-5-14-23(26)28-27-18-8-17-25-21-12-3-4-13-22(21)29(30(28)31)32(25)27/h1-18H. The van der Waals surface area contributed by atoms with Crippen LogP contribution in [-0.2, 0) is 0 Å². The van der Waals surface area contributed by atoms with Gasteiger partial charge >= 0.3 is 0 Å². The van der Waals surface area contributed by atoms with E-state index in [9.17, 15) is 0 Å². The van der Waals surface area contributed by atoms with Crippen LogP contribution in [0, 0.1) is 0 Å². The molecule has 148 valence electrons. The molecule has 32 heavy (non-hydrogen) atoms. The first-order valence-electron chi connectivity index (χ1n) is 11.1. The second kappa shape index (κ2) is 5.68. The van der Waals surface area contributed by atoms with Crippen molar-refractivity contribution in [2.24, 2.45) is 0 Å². The third-order valence-electron chi connectivity index (χ3n) is 7.03. The van der Waals surface area contributed by atoms with Crippen molar-refractivity contribution in [1.29, 1.82) is 0 Å². The van der Waals surface area contributed by atoms with Gasteiger partial charge in [0.2, 0.25) is 0 Å². The summed E-state index contributed by atoms with van der Waals surface area (Å²) in [6, 6.07) is 39.6. The van der Waals surface area contributed by atoms with E-state index in [1.54, 1.807) is 0 Å². The third-order valence-corrected chi connectivity index (χ3v) is 7.03. The van der Waals surface area contributed by atoms with Crippen molar-refractivity contribution >= 4 is 59.9 Å². The lowest BCUT2D eigenvalue weighted by Crippen LogP contribution is -1.95. The zero-order valence-electron chi connectivity index (χ0n) is 17.3. The Morgan fingerprint density at radius 3 is 1.94 bits per heavy atom. The topological polar surface area (TPSA) is 9.34 Å². The van der Waals surface area contributed by atoms with E-state index in [4.69, 9.17) is 0 Å². The number of para-hydroxylation sites is 1. The molecule has 2 nitrogen and oxygen atoms in total. The molecule has 2 heteroatoms. The van der Waals surface area contributed by atoms with Crippen molar-refractivity contribution in [1.82, 2.24) is 8.97 Å². The average molecular weight is 406 g/mol. The van der Waals surface area contributed by atoms with Gasteiger partial charge in [-0.05, 0) is 29.7 Å². The Kier molecular flexibility index (Phi) is 2.91. The lowest BCUT2D eigenvalue weighted by molar-refractivity contribution is 1.20. The zero-order valence-corrected chi connectivity index (χ0v) is 17.3. The number of aromatic nitrogens is 2. The van der Waals surface area contributed by atoms with Crippen LogP contribution < -0.4 is 0 Å². The van der Waals surface area contributed by atoms with Crippen LogP contribution in [0.4, 0.5) is 0 Å². The first kappa shape index (κ1) is 16.4. The molecule has 0 aliphatic rings. The van der Waals surface area contributed by atoms with Crippen molar-refractivity contribution in [2.75, 3.05) is 0 Å². The van der Waals surface area contributed by atoms with Crippen molar-refractivity contribution in [3.05, 3.63) is 109 Å². The summed E-state index contributed by atoms with van der Waals surface area (Å²) in [5, 5.41) is 7.78. The number of hydrogen-bond donors (Lipinski definition) is 0. The Bertz CT molecular complexity index is 1980. The molecule has 4 heterocycles. The summed E-state index contributed by atoms with van der Waals surface area (Å²) >= 11 is 0. The fourth-order valence-electron chi connectivity index (χ4n) is 5.80. The molecule has 8 aromatic rings. The van der Waals surface area contributed by atoms with Crippen LogP contribution in [0.5, 0.6) is 0 Å². The highest BCUT2D eigenvalue weighted by Gasteiger charge is 2.24. The molecule has 0 aliphatic heterocycles. The average Bonchev–Trinajstić information content (AvgIpc) is 3.48. The quantitative estimate of drug-likeness (QED) is 0.262. The predicted octanol–water partition coefficient (Wildman–Crippen LogP) is 7.93. The van der Waals surface area contributed by atoms with Gasteiger partial charge in [0.25, 0.3) is 0 Å². The highest BCUT2D eigenvalue weighted by atomic mass is 15.0. The molecule has 0 unspecified atom stereocenters. The first-order valence-corrected chi connectivity index (χ1v) is 11.1. The molecule has 0 saturated heterocycles. The van der Waals surface area contributed by atoms with Crippen LogP contribution in [0.3, 0.4) is 0 Å². The highest BCUT2D eigenvalue weighted by molar-refractivity contribution is 6.29. The van der Waals surface area contributed by atoms with E-state index in [-0.39, 0.29) is 0 Å². The maximum absolute atomic E-state index is 2.49. The number of rotatable bonds is 1. The van der Waals surface area contributed by atoms with Gasteiger partial charge in [0, 0.05) is 26.9 Å². The van der Waals surface area contributed by atoms with Crippen molar-refractivity contribution in [3.63, 3.8) is 0 Å². The SMILES string of the molecule is c1ccc2c(-n3c4ccccc4c4c3c3c5ccccc5c5cccc4n53)cccc2c1. The minimum Gasteiger partial charge on any atom is -0.306 e. The monoisotopic (exact) mass is 406 g/mol. The van der Waals surface area contributed by atoms with Gasteiger partial charge in [0.05, 0.1) is 33.3 Å². The molecule has 4 aromatic carbocycles. The number of pyridine rings is 1. The number of nitrogens with zero attached hydrogens (tertiary/aromatic N) is 2. The molecule has 0 spiro atoms. The molecule has 4 aromatic heterocycles. The van der Waals surface area contributed by atoms with E-state index >= 15 is 0 Å². The van der Waals surface area contributed by atoms with Gasteiger partial charge in [-0.3, -0.25) is 0 Å². The molecule has 0 atom stereocenters. The molecule has 0 fully saturated rings. The normalized spacial score (nSPS) is 12.4. The summed E-state index contributed by atoms with van der Waals surface area (Å²) in [6.07, 6.45) is 0. The van der Waals surface area contributed by atoms with Gasteiger partial charge < -0.3 is 8.97 Å². The highest BCUT2D eigenvalue weighted by Crippen LogP contribution is 2.44. The van der Waals surface area contributed by atoms with E-state index in [2.05, 4.69) is 118 Å². The Labute approximate surface area is 183 Å². The Balaban J connectivity index is 1.74. The van der Waals surface area contributed by atoms with E-state index < -0.39 is 0 Å². The van der Waals surface area contributed by atoms with Crippen LogP contribution in [0.1, 0.15) is 0 Å². The molecule has 8 rings (SSSR count). The first-order chi connectivity index (χ1) is 15.9. The fraction of sp³-hybridized carbons (Fsp3) is 0. The van der Waals surface area contributed by atoms with Gasteiger partial charge in [-0.1, -0.05) is 84.9 Å². The van der Waals surface area contributed by atoms with Crippen molar-refractivity contribution in [3.8, 4) is 5.69 Å². The van der Waals surface area contributed by atoms with Crippen LogP contribution in [0.15, 0.2) is 109 Å². The van der Waals surface area contributed by atoms with E-state index in [1.807, 2.05) is 0 Å². The molecule has 0 N–H and O–H groups in total. The van der Waals surface area contributed by atoms with Gasteiger partial charge in [0.15, 0.2) is 0 Å². The summed E-state index contributed by atoms with van der Waals surface area (Å²) in [7, 11) is 0. The van der Waals surface area contributed by atoms with Crippen molar-refractivity contribution < 1.29 is 0 Å². The second-order valence-electron chi connectivity index (χ2n) is 8.60. The Hall–Kier alpha value is -4.30. The molecule has 0 aliphatic carbocycles. The van der Waals surface area contributed by atoms with Gasteiger partial charge in [-0.15, -0.1) is 0 Å². The number of fused-ring (bicyclic) bond motifs is 9. The van der Waals surface area contributed by atoms with E-state index in [1.165, 1.54) is 65.6 Å². The second-order valence-corrected chi connectivity index (χ2v) is 8.60. The van der Waals surface area contributed by atoms with E-state index in [0.29, 0.717) is 0 Å². The van der Waals surface area contributed by atoms with Gasteiger partial charge in [-0.25, -0.2) is 0 Å². The molecule has 0 radical (unpaired) electrons. The number of hydrogen-bond acceptors (Lipinski definition) is 0. The minimum absolute atomic E-state index is 1.23. The van der Waals surface area contributed by atoms with E-state index in [0.717, 1.165) is 0 Å². The lowest BCUT2D eigenvalue weighted by Gasteiger charge is -2.11. The summed E-state index contributed by atoms with van der Waals surface area (Å²) in [4.78, 5) is 0. The van der Waals surface area contributed by atoms with Crippen LogP contribution in [0.2, 0.25) is 0 Å². The molecule has 0 amide bonds. The minimum atomic E-state index is 1.23. The Morgan fingerprint density at radius 1 is 0.406 bits per heavy atom. The molecule has 0 bridgehead atoms. The molecular weight excluding hydrogens is 388 g/mol. The zero-order chi connectivity index (χ0) is 20.8. The maximum Gasteiger partial charge on any atom is 0.0810 e. The summed E-state index contributed by atoms with van der Waals surface area (Å²) in [5.41, 5.74) is 7.62. The Morgan fingerprint density at radius 2 is 1.03 bits per heavy atom. The lowest BCUT2D eigenvalue weighted by atomic mass is 10.1. The molecular formula is C30H18N2. The van der Waals surface area contributed by atoms with Crippen LogP contribution >= 0.6 is 0 Å². The molecule has 0 saturated carbocycles. The third kappa shape index (κ3) is 1.82. The summed E-state index contributed by atoms with van der Waals surface area (Å²) < 4.78 is 4.95. The van der Waals surface area contributed by atoms with Gasteiger partial charge in [0.1, 0.15) is 0 Å².